The predicted molar refractivity (Wildman–Crippen MR) is 123 cm³/mol. The molecule has 2 atom stereocenters. The van der Waals surface area contributed by atoms with Crippen LogP contribution in [-0.2, 0) is 27.2 Å². The Bertz CT molecular complexity index is 1440. The number of nitriles is 1. The molecule has 4 N–H and O–H groups in total. The summed E-state index contributed by atoms with van der Waals surface area (Å²) in [5, 5.41) is 27.3. The van der Waals surface area contributed by atoms with Gasteiger partial charge >= 0.3 is 6.18 Å². The summed E-state index contributed by atoms with van der Waals surface area (Å²) in [6.07, 6.45) is -4.95. The maximum Gasteiger partial charge on any atom is 0.417 e. The lowest BCUT2D eigenvalue weighted by Crippen LogP contribution is -2.49. The van der Waals surface area contributed by atoms with Gasteiger partial charge in [0.05, 0.1) is 22.1 Å². The van der Waals surface area contributed by atoms with Gasteiger partial charge in [0.15, 0.2) is 15.4 Å². The van der Waals surface area contributed by atoms with Crippen molar-refractivity contribution in [3.63, 3.8) is 0 Å². The minimum atomic E-state index is -5.01. The van der Waals surface area contributed by atoms with Gasteiger partial charge in [0.25, 0.3) is 5.91 Å². The summed E-state index contributed by atoms with van der Waals surface area (Å²) < 4.78 is 68.7. The molecule has 0 aromatic heterocycles. The van der Waals surface area contributed by atoms with Gasteiger partial charge in [0, 0.05) is 0 Å². The zero-order valence-corrected chi connectivity index (χ0v) is 19.6. The number of carbonyl (C=O) groups excluding carboxylic acids is 1. The molecule has 0 saturated heterocycles. The van der Waals surface area contributed by atoms with Crippen molar-refractivity contribution in [2.45, 2.75) is 35.3 Å². The van der Waals surface area contributed by atoms with E-state index in [4.69, 9.17) is 11.0 Å². The van der Waals surface area contributed by atoms with Crippen molar-refractivity contribution >= 4 is 15.7 Å². The number of primary amides is 1. The van der Waals surface area contributed by atoms with Crippen LogP contribution in [0, 0.1) is 11.3 Å². The van der Waals surface area contributed by atoms with Crippen LogP contribution in [0.15, 0.2) is 71.6 Å². The Hall–Kier alpha value is -3.88. The maximum atomic E-state index is 13.9. The molecule has 7 nitrogen and oxygen atoms in total. The lowest BCUT2D eigenvalue weighted by atomic mass is 9.92. The van der Waals surface area contributed by atoms with E-state index in [1.807, 2.05) is 0 Å². The van der Waals surface area contributed by atoms with Gasteiger partial charge in [-0.3, -0.25) is 4.79 Å². The average molecular weight is 519 g/mol. The van der Waals surface area contributed by atoms with Crippen molar-refractivity contribution in [3.05, 3.63) is 94.5 Å². The fourth-order valence-electron chi connectivity index (χ4n) is 3.88. The van der Waals surface area contributed by atoms with Crippen molar-refractivity contribution in [2.75, 3.05) is 0 Å². The highest BCUT2D eigenvalue weighted by molar-refractivity contribution is 7.91. The molecular formula is C25H21F3N2O5S. The number of alkyl halides is 3. The summed E-state index contributed by atoms with van der Waals surface area (Å²) in [6.45, 7) is 0.811. The summed E-state index contributed by atoms with van der Waals surface area (Å²) >= 11 is 0. The monoisotopic (exact) mass is 518 g/mol. The fraction of sp³-hybridized carbons (Fsp3) is 0.200. The third-order valence-corrected chi connectivity index (χ3v) is 8.07. The minimum absolute atomic E-state index is 0.00138. The number of nitrogens with two attached hydrogens (primary N) is 1. The molecule has 1 amide bonds. The van der Waals surface area contributed by atoms with Crippen LogP contribution >= 0.6 is 0 Å². The average Bonchev–Trinajstić information content (AvgIpc) is 2.80. The minimum Gasteiger partial charge on any atom is -0.508 e. The van der Waals surface area contributed by atoms with Crippen LogP contribution in [0.25, 0.3) is 0 Å². The number of phenolic OH excluding ortho intramolecular Hbond substituents is 1. The molecule has 0 aliphatic carbocycles. The van der Waals surface area contributed by atoms with E-state index in [0.717, 1.165) is 19.1 Å². The first kappa shape index (κ1) is 26.7. The van der Waals surface area contributed by atoms with Crippen LogP contribution in [0.3, 0.4) is 0 Å². The van der Waals surface area contributed by atoms with Crippen LogP contribution in [0.4, 0.5) is 13.2 Å². The highest BCUT2D eigenvalue weighted by Gasteiger charge is 2.49. The summed E-state index contributed by atoms with van der Waals surface area (Å²) in [6, 6.07) is 15.1. The standard InChI is InChI=1S/C25H21F3N2O5S/c1-24(33,23(30)32)22(17-8-9-18(14-29)20(13-17)25(26,27)28)36(34,35)21-5-3-2-4-16(21)12-15-6-10-19(31)11-7-15/h2-11,13,22,31,33H,12H2,1H3,(H2,30,32). The third-order valence-electron chi connectivity index (χ3n) is 5.70. The number of rotatable bonds is 7. The number of benzene rings is 3. The van der Waals surface area contributed by atoms with Crippen molar-refractivity contribution in [1.82, 2.24) is 0 Å². The van der Waals surface area contributed by atoms with Gasteiger partial charge in [0.1, 0.15) is 11.0 Å². The van der Waals surface area contributed by atoms with E-state index >= 15 is 0 Å². The smallest absolute Gasteiger partial charge is 0.417 e. The normalized spacial score (nSPS) is 14.4. The molecule has 0 heterocycles. The molecule has 11 heteroatoms. The Morgan fingerprint density at radius 3 is 2.25 bits per heavy atom. The second kappa shape index (κ2) is 9.64. The molecule has 0 spiro atoms. The molecule has 3 rings (SSSR count). The van der Waals surface area contributed by atoms with E-state index in [9.17, 15) is 36.6 Å². The zero-order valence-electron chi connectivity index (χ0n) is 18.8. The number of amides is 1. The van der Waals surface area contributed by atoms with E-state index in [1.54, 1.807) is 18.2 Å². The van der Waals surface area contributed by atoms with Gasteiger partial charge in [-0.2, -0.15) is 18.4 Å². The zero-order chi connectivity index (χ0) is 26.9. The quantitative estimate of drug-likeness (QED) is 0.436. The van der Waals surface area contributed by atoms with Crippen LogP contribution in [0.5, 0.6) is 5.75 Å². The van der Waals surface area contributed by atoms with Crippen molar-refractivity contribution < 1.29 is 36.6 Å². The second-order valence-electron chi connectivity index (χ2n) is 8.30. The van der Waals surface area contributed by atoms with E-state index in [-0.39, 0.29) is 22.6 Å². The van der Waals surface area contributed by atoms with Crippen molar-refractivity contribution in [1.29, 1.82) is 5.26 Å². The highest BCUT2D eigenvalue weighted by atomic mass is 32.2. The van der Waals surface area contributed by atoms with Gasteiger partial charge in [-0.15, -0.1) is 0 Å². The first-order chi connectivity index (χ1) is 16.7. The summed E-state index contributed by atoms with van der Waals surface area (Å²) in [5.41, 5.74) is 0.584. The number of aromatic hydroxyl groups is 1. The van der Waals surface area contributed by atoms with Crippen LogP contribution in [-0.4, -0.2) is 30.1 Å². The number of nitrogens with zero attached hydrogens (tertiary/aromatic N) is 1. The Balaban J connectivity index is 2.25. The molecule has 3 aromatic carbocycles. The molecule has 3 aromatic rings. The van der Waals surface area contributed by atoms with Crippen LogP contribution < -0.4 is 5.73 Å². The third kappa shape index (κ3) is 5.19. The maximum absolute atomic E-state index is 13.9. The number of carbonyl (C=O) groups is 1. The van der Waals surface area contributed by atoms with E-state index in [0.29, 0.717) is 11.6 Å². The predicted octanol–water partition coefficient (Wildman–Crippen LogP) is 3.62. The first-order valence-corrected chi connectivity index (χ1v) is 12.0. The summed E-state index contributed by atoms with van der Waals surface area (Å²) in [5.74, 6) is -1.47. The van der Waals surface area contributed by atoms with Gasteiger partial charge in [-0.25, -0.2) is 8.42 Å². The van der Waals surface area contributed by atoms with Crippen molar-refractivity contribution in [3.8, 4) is 11.8 Å². The highest BCUT2D eigenvalue weighted by Crippen LogP contribution is 2.42. The Morgan fingerprint density at radius 2 is 1.69 bits per heavy atom. The molecule has 188 valence electrons. The number of halogens is 3. The first-order valence-electron chi connectivity index (χ1n) is 10.4. The largest absolute Gasteiger partial charge is 0.508 e. The molecule has 0 fully saturated rings. The number of aliphatic hydroxyl groups is 1. The molecule has 0 bridgehead atoms. The molecule has 2 unspecified atom stereocenters. The lowest BCUT2D eigenvalue weighted by Gasteiger charge is -2.31. The molecule has 36 heavy (non-hydrogen) atoms. The van der Waals surface area contributed by atoms with Gasteiger partial charge in [-0.05, 0) is 60.4 Å². The number of sulfone groups is 1. The lowest BCUT2D eigenvalue weighted by molar-refractivity contribution is -0.137. The molecule has 0 saturated carbocycles. The molecule has 0 aliphatic heterocycles. The van der Waals surface area contributed by atoms with Crippen LogP contribution in [0.2, 0.25) is 0 Å². The van der Waals surface area contributed by atoms with Crippen LogP contribution in [0.1, 0.15) is 40.0 Å². The number of phenols is 1. The Kier molecular flexibility index (Phi) is 7.15. The molecule has 0 radical (unpaired) electrons. The Labute approximate surface area is 205 Å². The van der Waals surface area contributed by atoms with Gasteiger partial charge in [0.2, 0.25) is 0 Å². The fourth-order valence-corrected chi connectivity index (χ4v) is 6.13. The van der Waals surface area contributed by atoms with E-state index < -0.39 is 49.5 Å². The van der Waals surface area contributed by atoms with Gasteiger partial charge in [-0.1, -0.05) is 36.4 Å². The SMILES string of the molecule is CC(O)(C(N)=O)C(c1ccc(C#N)c(C(F)(F)F)c1)S(=O)(=O)c1ccccc1Cc1ccc(O)cc1. The number of hydrogen-bond donors (Lipinski definition) is 3. The molecule has 0 aliphatic rings. The van der Waals surface area contributed by atoms with Crippen molar-refractivity contribution in [2.24, 2.45) is 5.73 Å². The second-order valence-corrected chi connectivity index (χ2v) is 10.3. The van der Waals surface area contributed by atoms with Gasteiger partial charge < -0.3 is 15.9 Å². The van der Waals surface area contributed by atoms with E-state index in [2.05, 4.69) is 0 Å². The summed E-state index contributed by atoms with van der Waals surface area (Å²) in [4.78, 5) is 11.8. The molecular weight excluding hydrogens is 497 g/mol. The summed E-state index contributed by atoms with van der Waals surface area (Å²) in [7, 11) is -4.75. The number of hydrogen-bond acceptors (Lipinski definition) is 6. The van der Waals surface area contributed by atoms with E-state index in [1.165, 1.54) is 36.4 Å². The Morgan fingerprint density at radius 1 is 1.08 bits per heavy atom. The topological polar surface area (TPSA) is 141 Å².